The molecule has 0 fully saturated rings. The van der Waals surface area contributed by atoms with Gasteiger partial charge in [0.15, 0.2) is 0 Å². The molecule has 6 nitrogen and oxygen atoms in total. The number of esters is 1. The molecule has 1 N–H and O–H groups in total. The number of methoxy groups -OCH3 is 1. The van der Waals surface area contributed by atoms with Crippen molar-refractivity contribution < 1.29 is 17.9 Å². The summed E-state index contributed by atoms with van der Waals surface area (Å²) < 4.78 is 30.5. The van der Waals surface area contributed by atoms with Crippen LogP contribution in [0.2, 0.25) is 0 Å². The Labute approximate surface area is 112 Å². The number of sulfonamides is 1. The molecule has 0 aliphatic rings. The molecular formula is C12H14N2O4S. The Hall–Kier alpha value is -1.91. The summed E-state index contributed by atoms with van der Waals surface area (Å²) in [6, 6.07) is 6.89. The van der Waals surface area contributed by atoms with Crippen LogP contribution >= 0.6 is 0 Å². The molecule has 0 saturated carbocycles. The van der Waals surface area contributed by atoms with Crippen LogP contribution in [0.25, 0.3) is 0 Å². The first-order valence-corrected chi connectivity index (χ1v) is 6.95. The third-order valence-electron chi connectivity index (χ3n) is 2.40. The summed E-state index contributed by atoms with van der Waals surface area (Å²) in [6.07, 6.45) is 0.215. The van der Waals surface area contributed by atoms with Crippen LogP contribution in [0.4, 0.5) is 0 Å². The number of nitrogens with zero attached hydrogens (tertiary/aromatic N) is 1. The van der Waals surface area contributed by atoms with Gasteiger partial charge in [0.1, 0.15) is 6.04 Å². The van der Waals surface area contributed by atoms with Crippen LogP contribution in [-0.4, -0.2) is 27.5 Å². The third-order valence-corrected chi connectivity index (χ3v) is 3.96. The quantitative estimate of drug-likeness (QED) is 0.797. The highest BCUT2D eigenvalue weighted by Crippen LogP contribution is 2.11. The summed E-state index contributed by atoms with van der Waals surface area (Å²) in [5.74, 6) is -0.662. The maximum atomic E-state index is 11.9. The lowest BCUT2D eigenvalue weighted by molar-refractivity contribution is -0.142. The Morgan fingerprint density at radius 1 is 1.42 bits per heavy atom. The molecule has 1 rings (SSSR count). The average Bonchev–Trinajstić information content (AvgIpc) is 2.38. The Balaban J connectivity index is 2.89. The van der Waals surface area contributed by atoms with Crippen molar-refractivity contribution in [2.24, 2.45) is 0 Å². The molecule has 0 spiro atoms. The van der Waals surface area contributed by atoms with E-state index in [9.17, 15) is 13.2 Å². The number of hydrogen-bond donors (Lipinski definition) is 1. The van der Waals surface area contributed by atoms with Gasteiger partial charge < -0.3 is 4.74 Å². The van der Waals surface area contributed by atoms with E-state index in [-0.39, 0.29) is 11.3 Å². The van der Waals surface area contributed by atoms with Gasteiger partial charge in [-0.1, -0.05) is 12.1 Å². The smallest absolute Gasteiger partial charge is 0.323 e. The van der Waals surface area contributed by atoms with Gasteiger partial charge in [0.25, 0.3) is 0 Å². The maximum Gasteiger partial charge on any atom is 0.323 e. The van der Waals surface area contributed by atoms with Gasteiger partial charge in [-0.25, -0.2) is 8.42 Å². The average molecular weight is 282 g/mol. The second-order valence-electron chi connectivity index (χ2n) is 3.84. The van der Waals surface area contributed by atoms with Crippen molar-refractivity contribution in [2.75, 3.05) is 7.11 Å². The summed E-state index contributed by atoms with van der Waals surface area (Å²) in [4.78, 5) is 11.2. The number of nitrogens with one attached hydrogen (secondary N) is 1. The van der Waals surface area contributed by atoms with Crippen molar-refractivity contribution in [3.63, 3.8) is 0 Å². The van der Waals surface area contributed by atoms with Crippen molar-refractivity contribution in [2.45, 2.75) is 24.3 Å². The van der Waals surface area contributed by atoms with E-state index >= 15 is 0 Å². The first kappa shape index (κ1) is 15.1. The highest BCUT2D eigenvalue weighted by atomic mass is 32.2. The molecule has 1 atom stereocenters. The van der Waals surface area contributed by atoms with Gasteiger partial charge in [0.05, 0.1) is 24.5 Å². The zero-order valence-electron chi connectivity index (χ0n) is 10.6. The predicted molar refractivity (Wildman–Crippen MR) is 67.6 cm³/mol. The summed E-state index contributed by atoms with van der Waals surface area (Å²) in [6.45, 7) is 1.40. The number of rotatable bonds is 5. The van der Waals surface area contributed by atoms with Gasteiger partial charge in [-0.05, 0) is 24.6 Å². The second-order valence-corrected chi connectivity index (χ2v) is 5.56. The lowest BCUT2D eigenvalue weighted by atomic mass is 10.2. The summed E-state index contributed by atoms with van der Waals surface area (Å²) >= 11 is 0. The van der Waals surface area contributed by atoms with Crippen LogP contribution in [0.15, 0.2) is 29.2 Å². The van der Waals surface area contributed by atoms with Crippen molar-refractivity contribution in [1.82, 2.24) is 4.72 Å². The van der Waals surface area contributed by atoms with Crippen LogP contribution in [0.5, 0.6) is 0 Å². The highest BCUT2D eigenvalue weighted by molar-refractivity contribution is 7.89. The molecule has 0 aliphatic heterocycles. The van der Waals surface area contributed by atoms with E-state index in [2.05, 4.69) is 9.46 Å². The normalized spacial score (nSPS) is 12.5. The molecule has 0 amide bonds. The third kappa shape index (κ3) is 4.05. The Morgan fingerprint density at radius 3 is 2.47 bits per heavy atom. The number of benzene rings is 1. The van der Waals surface area contributed by atoms with E-state index in [0.29, 0.717) is 0 Å². The van der Waals surface area contributed by atoms with Gasteiger partial charge in [-0.2, -0.15) is 9.98 Å². The zero-order chi connectivity index (χ0) is 14.5. The van der Waals surface area contributed by atoms with Crippen molar-refractivity contribution in [3.8, 4) is 6.07 Å². The molecule has 0 saturated heterocycles. The highest BCUT2D eigenvalue weighted by Gasteiger charge is 2.22. The minimum atomic E-state index is -3.78. The van der Waals surface area contributed by atoms with E-state index in [1.165, 1.54) is 26.2 Å². The fraction of sp³-hybridized carbons (Fsp3) is 0.333. The van der Waals surface area contributed by atoms with Crippen LogP contribution < -0.4 is 4.72 Å². The number of ether oxygens (including phenoxy) is 1. The Bertz CT molecular complexity index is 587. The zero-order valence-corrected chi connectivity index (χ0v) is 11.4. The molecule has 19 heavy (non-hydrogen) atoms. The van der Waals surface area contributed by atoms with E-state index < -0.39 is 22.0 Å². The Morgan fingerprint density at radius 2 is 2.00 bits per heavy atom. The van der Waals surface area contributed by atoms with Gasteiger partial charge in [-0.15, -0.1) is 0 Å². The first-order chi connectivity index (χ1) is 8.90. The fourth-order valence-corrected chi connectivity index (χ4v) is 2.60. The summed E-state index contributed by atoms with van der Waals surface area (Å²) in [7, 11) is -2.60. The summed E-state index contributed by atoms with van der Waals surface area (Å²) in [5.41, 5.74) is 0.725. The van der Waals surface area contributed by atoms with Crippen LogP contribution in [-0.2, 0) is 26.0 Å². The van der Waals surface area contributed by atoms with Gasteiger partial charge in [0, 0.05) is 0 Å². The molecule has 1 aromatic carbocycles. The molecule has 0 heterocycles. The van der Waals surface area contributed by atoms with E-state index in [4.69, 9.17) is 5.26 Å². The van der Waals surface area contributed by atoms with Gasteiger partial charge >= 0.3 is 5.97 Å². The second kappa shape index (κ2) is 6.31. The number of carbonyl (C=O) groups excluding carboxylic acids is 1. The Kier molecular flexibility index (Phi) is 5.03. The molecule has 0 bridgehead atoms. The SMILES string of the molecule is COC(=O)C(C)NS(=O)(=O)c1ccc(CC#N)cc1. The summed E-state index contributed by atoms with van der Waals surface area (Å²) in [5, 5.41) is 8.52. The molecule has 0 aliphatic carbocycles. The monoisotopic (exact) mass is 282 g/mol. The van der Waals surface area contributed by atoms with E-state index in [0.717, 1.165) is 5.56 Å². The van der Waals surface area contributed by atoms with Crippen molar-refractivity contribution in [1.29, 1.82) is 5.26 Å². The van der Waals surface area contributed by atoms with Crippen molar-refractivity contribution in [3.05, 3.63) is 29.8 Å². The van der Waals surface area contributed by atoms with Crippen LogP contribution in [0, 0.1) is 11.3 Å². The number of hydrogen-bond acceptors (Lipinski definition) is 5. The van der Waals surface area contributed by atoms with Crippen molar-refractivity contribution >= 4 is 16.0 Å². The largest absolute Gasteiger partial charge is 0.468 e. The minimum absolute atomic E-state index is 0.0324. The lowest BCUT2D eigenvalue weighted by Crippen LogP contribution is -2.39. The van der Waals surface area contributed by atoms with Gasteiger partial charge in [0.2, 0.25) is 10.0 Å². The molecule has 0 radical (unpaired) electrons. The topological polar surface area (TPSA) is 96.3 Å². The van der Waals surface area contributed by atoms with Crippen LogP contribution in [0.1, 0.15) is 12.5 Å². The van der Waals surface area contributed by atoms with Crippen LogP contribution in [0.3, 0.4) is 0 Å². The standard InChI is InChI=1S/C12H14N2O4S/c1-9(12(15)18-2)14-19(16,17)11-5-3-10(4-6-11)7-8-13/h3-6,9,14H,7H2,1-2H3. The lowest BCUT2D eigenvalue weighted by Gasteiger charge is -2.12. The molecule has 102 valence electrons. The maximum absolute atomic E-state index is 11.9. The fourth-order valence-electron chi connectivity index (χ4n) is 1.40. The predicted octanol–water partition coefficient (Wildman–Crippen LogP) is 0.592. The van der Waals surface area contributed by atoms with Gasteiger partial charge in [-0.3, -0.25) is 4.79 Å². The molecule has 0 aromatic heterocycles. The van der Waals surface area contributed by atoms with E-state index in [1.807, 2.05) is 6.07 Å². The molecule has 7 heteroatoms. The molecule has 1 aromatic rings. The van der Waals surface area contributed by atoms with E-state index in [1.54, 1.807) is 12.1 Å². The first-order valence-electron chi connectivity index (χ1n) is 5.46. The minimum Gasteiger partial charge on any atom is -0.468 e. The number of carbonyl (C=O) groups is 1. The molecule has 1 unspecified atom stereocenters. The number of nitriles is 1. The molecular weight excluding hydrogens is 268 g/mol.